The molecule has 2 aliphatic heterocycles. The van der Waals surface area contributed by atoms with Crippen molar-refractivity contribution in [3.05, 3.63) is 66.0 Å². The summed E-state index contributed by atoms with van der Waals surface area (Å²) in [6.07, 6.45) is 4.19. The summed E-state index contributed by atoms with van der Waals surface area (Å²) < 4.78 is 0. The molecule has 1 aromatic carbocycles. The van der Waals surface area contributed by atoms with E-state index in [0.717, 1.165) is 32.7 Å². The predicted molar refractivity (Wildman–Crippen MR) is 130 cm³/mol. The number of rotatable bonds is 7. The zero-order valence-corrected chi connectivity index (χ0v) is 19.9. The molecule has 0 radical (unpaired) electrons. The number of carbonyl (C=O) groups is 2. The Morgan fingerprint density at radius 1 is 0.909 bits per heavy atom. The lowest BCUT2D eigenvalue weighted by Crippen LogP contribution is -2.64. The van der Waals surface area contributed by atoms with Gasteiger partial charge in [-0.25, -0.2) is 0 Å². The zero-order chi connectivity index (χ0) is 23.3. The molecule has 4 rings (SSSR count). The van der Waals surface area contributed by atoms with Crippen molar-refractivity contribution in [2.75, 3.05) is 45.8 Å². The summed E-state index contributed by atoms with van der Waals surface area (Å²) in [7, 11) is 0. The number of hydrogen-bond acceptors (Lipinski definition) is 5. The van der Waals surface area contributed by atoms with Gasteiger partial charge in [0.05, 0.1) is 5.54 Å². The van der Waals surface area contributed by atoms with Gasteiger partial charge >= 0.3 is 0 Å². The molecule has 1 amide bonds. The van der Waals surface area contributed by atoms with E-state index in [2.05, 4.69) is 28.6 Å². The molecular weight excluding hydrogens is 412 g/mol. The van der Waals surface area contributed by atoms with Crippen LogP contribution >= 0.6 is 0 Å². The molecule has 2 fully saturated rings. The smallest absolute Gasteiger partial charge is 0.253 e. The molecule has 33 heavy (non-hydrogen) atoms. The highest BCUT2D eigenvalue weighted by Crippen LogP contribution is 2.34. The van der Waals surface area contributed by atoms with Crippen LogP contribution in [0.3, 0.4) is 0 Å². The molecule has 176 valence electrons. The number of ketones is 1. The van der Waals surface area contributed by atoms with Gasteiger partial charge in [-0.3, -0.25) is 19.5 Å². The number of aromatic nitrogens is 1. The minimum absolute atomic E-state index is 0.0491. The average molecular weight is 449 g/mol. The number of pyridine rings is 1. The molecule has 0 aliphatic carbocycles. The number of carbonyl (C=O) groups excluding carboxylic acids is 2. The molecule has 0 unspecified atom stereocenters. The third kappa shape index (κ3) is 5.33. The van der Waals surface area contributed by atoms with Crippen molar-refractivity contribution in [1.29, 1.82) is 0 Å². The van der Waals surface area contributed by atoms with Crippen molar-refractivity contribution in [2.45, 2.75) is 38.6 Å². The fourth-order valence-electron chi connectivity index (χ4n) is 5.11. The first-order valence-electron chi connectivity index (χ1n) is 12.3. The number of nitrogens with zero attached hydrogens (tertiary/aromatic N) is 4. The van der Waals surface area contributed by atoms with Gasteiger partial charge in [0.2, 0.25) is 5.78 Å². The van der Waals surface area contributed by atoms with Crippen molar-refractivity contribution >= 4 is 11.7 Å². The maximum absolute atomic E-state index is 13.8. The summed E-state index contributed by atoms with van der Waals surface area (Å²) in [4.78, 5) is 38.0. The highest BCUT2D eigenvalue weighted by atomic mass is 16.2. The standard InChI is InChI=1S/C27H36N4O2/c1-22(2)11-15-29-18-20-31(21-19-29)27(25(32)24-10-6-7-14-28-24)12-16-30(17-13-27)26(33)23-8-4-3-5-9-23/h3-10,14,22H,11-13,15-21H2,1-2H3. The summed E-state index contributed by atoms with van der Waals surface area (Å²) in [5.41, 5.74) is 0.647. The van der Waals surface area contributed by atoms with Gasteiger partial charge in [-0.1, -0.05) is 38.1 Å². The van der Waals surface area contributed by atoms with Gasteiger partial charge in [0.15, 0.2) is 0 Å². The second kappa shape index (κ2) is 10.6. The SMILES string of the molecule is CC(C)CCN1CCN(C2(C(=O)c3ccccn3)CCN(C(=O)c3ccccc3)CC2)CC1. The van der Waals surface area contributed by atoms with Crippen LogP contribution in [0.4, 0.5) is 0 Å². The molecular formula is C27H36N4O2. The maximum Gasteiger partial charge on any atom is 0.253 e. The molecule has 0 bridgehead atoms. The number of piperazine rings is 1. The lowest BCUT2D eigenvalue weighted by Gasteiger charge is -2.50. The van der Waals surface area contributed by atoms with Crippen molar-refractivity contribution in [1.82, 2.24) is 19.7 Å². The maximum atomic E-state index is 13.8. The number of likely N-dealkylation sites (tertiary alicyclic amines) is 1. The van der Waals surface area contributed by atoms with Crippen molar-refractivity contribution in [3.8, 4) is 0 Å². The van der Waals surface area contributed by atoms with Gasteiger partial charge in [0.1, 0.15) is 5.69 Å². The predicted octanol–water partition coefficient (Wildman–Crippen LogP) is 3.60. The van der Waals surface area contributed by atoms with Crippen LogP contribution in [0.15, 0.2) is 54.7 Å². The van der Waals surface area contributed by atoms with Crippen LogP contribution in [0.1, 0.15) is 54.0 Å². The van der Waals surface area contributed by atoms with E-state index < -0.39 is 5.54 Å². The Bertz CT molecular complexity index is 916. The van der Waals surface area contributed by atoms with Crippen molar-refractivity contribution < 1.29 is 9.59 Å². The molecule has 2 aliphatic rings. The van der Waals surface area contributed by atoms with Crippen LogP contribution in [-0.4, -0.2) is 82.7 Å². The zero-order valence-electron chi connectivity index (χ0n) is 19.9. The van der Waals surface area contributed by atoms with E-state index in [1.807, 2.05) is 53.4 Å². The fraction of sp³-hybridized carbons (Fsp3) is 0.519. The Balaban J connectivity index is 1.49. The van der Waals surface area contributed by atoms with Gasteiger partial charge in [-0.05, 0) is 56.0 Å². The summed E-state index contributed by atoms with van der Waals surface area (Å²) >= 11 is 0. The number of hydrogen-bond donors (Lipinski definition) is 0. The Kier molecular flexibility index (Phi) is 7.56. The van der Waals surface area contributed by atoms with Crippen molar-refractivity contribution in [3.63, 3.8) is 0 Å². The second-order valence-corrected chi connectivity index (χ2v) is 9.75. The molecule has 2 saturated heterocycles. The van der Waals surface area contributed by atoms with E-state index in [9.17, 15) is 9.59 Å². The Labute approximate surface area is 197 Å². The molecule has 6 heteroatoms. The number of benzene rings is 1. The number of amides is 1. The molecule has 0 saturated carbocycles. The van der Waals surface area contributed by atoms with Crippen LogP contribution in [0.25, 0.3) is 0 Å². The van der Waals surface area contributed by atoms with Gasteiger partial charge in [-0.2, -0.15) is 0 Å². The quantitative estimate of drug-likeness (QED) is 0.606. The molecule has 3 heterocycles. The van der Waals surface area contributed by atoms with Gasteiger partial charge in [0, 0.05) is 51.0 Å². The van der Waals surface area contributed by atoms with Crippen LogP contribution in [0.5, 0.6) is 0 Å². The average Bonchev–Trinajstić information content (AvgIpc) is 2.88. The number of piperidine rings is 1. The fourth-order valence-corrected chi connectivity index (χ4v) is 5.11. The lowest BCUT2D eigenvalue weighted by molar-refractivity contribution is -0.00112. The first-order chi connectivity index (χ1) is 16.0. The molecule has 0 spiro atoms. The first-order valence-corrected chi connectivity index (χ1v) is 12.3. The largest absolute Gasteiger partial charge is 0.338 e. The van der Waals surface area contributed by atoms with Crippen LogP contribution in [0, 0.1) is 5.92 Å². The van der Waals surface area contributed by atoms with E-state index in [1.54, 1.807) is 6.20 Å². The highest BCUT2D eigenvalue weighted by molar-refractivity contribution is 6.02. The summed E-state index contributed by atoms with van der Waals surface area (Å²) in [6, 6.07) is 15.0. The van der Waals surface area contributed by atoms with E-state index in [-0.39, 0.29) is 11.7 Å². The Hall–Kier alpha value is -2.57. The molecule has 2 aromatic rings. The minimum atomic E-state index is -0.591. The normalized spacial score (nSPS) is 19.5. The van der Waals surface area contributed by atoms with Gasteiger partial charge < -0.3 is 9.80 Å². The molecule has 6 nitrogen and oxygen atoms in total. The summed E-state index contributed by atoms with van der Waals surface area (Å²) in [5.74, 6) is 0.852. The molecule has 0 atom stereocenters. The second-order valence-electron chi connectivity index (χ2n) is 9.75. The van der Waals surface area contributed by atoms with Crippen LogP contribution in [-0.2, 0) is 0 Å². The van der Waals surface area contributed by atoms with Crippen LogP contribution in [0.2, 0.25) is 0 Å². The van der Waals surface area contributed by atoms with Crippen molar-refractivity contribution in [2.24, 2.45) is 5.92 Å². The van der Waals surface area contributed by atoms with Crippen LogP contribution < -0.4 is 0 Å². The van der Waals surface area contributed by atoms with E-state index in [0.29, 0.717) is 43.1 Å². The topological polar surface area (TPSA) is 56.8 Å². The molecule has 0 N–H and O–H groups in total. The van der Waals surface area contributed by atoms with Gasteiger partial charge in [-0.15, -0.1) is 0 Å². The summed E-state index contributed by atoms with van der Waals surface area (Å²) in [6.45, 7) is 10.5. The third-order valence-electron chi connectivity index (χ3n) is 7.22. The first kappa shape index (κ1) is 23.6. The monoisotopic (exact) mass is 448 g/mol. The minimum Gasteiger partial charge on any atom is -0.338 e. The highest BCUT2D eigenvalue weighted by Gasteiger charge is 2.48. The Morgan fingerprint density at radius 2 is 1.58 bits per heavy atom. The summed E-state index contributed by atoms with van der Waals surface area (Å²) in [5, 5.41) is 0. The van der Waals surface area contributed by atoms with E-state index >= 15 is 0 Å². The Morgan fingerprint density at radius 3 is 2.18 bits per heavy atom. The van der Waals surface area contributed by atoms with E-state index in [4.69, 9.17) is 0 Å². The lowest BCUT2D eigenvalue weighted by atomic mass is 9.79. The number of Topliss-reactive ketones (excluding diaryl/α,β-unsaturated/α-hetero) is 1. The van der Waals surface area contributed by atoms with Gasteiger partial charge in [0.25, 0.3) is 5.91 Å². The third-order valence-corrected chi connectivity index (χ3v) is 7.22. The van der Waals surface area contributed by atoms with E-state index in [1.165, 1.54) is 6.42 Å². The molecule has 1 aromatic heterocycles.